The molecule has 0 fully saturated rings. The molecule has 3 rings (SSSR count). The average Bonchev–Trinajstić information content (AvgIpc) is 2.94. The van der Waals surface area contributed by atoms with E-state index in [1.807, 2.05) is 12.1 Å². The van der Waals surface area contributed by atoms with E-state index < -0.39 is 5.92 Å². The number of carbonyl (C=O) groups is 1. The number of halogens is 1. The number of amidine groups is 1. The topological polar surface area (TPSA) is 57.4 Å². The summed E-state index contributed by atoms with van der Waals surface area (Å²) in [5.74, 6) is -0.192. The summed E-state index contributed by atoms with van der Waals surface area (Å²) in [4.78, 5) is 12.5. The summed E-state index contributed by atoms with van der Waals surface area (Å²) < 4.78 is 0. The molecule has 1 heterocycles. The standard InChI is InChI=1S/C20H21ClN4O/c1-3-4-6-15-9-11-17(12-10-15)22-23-19-14(2)20(26)25(24-19)18-8-5-7-16(21)13-18/h5,7-14H,3-4,6H2,1-2H3/t14-/m0/s1. The first-order valence-corrected chi connectivity index (χ1v) is 9.15. The highest BCUT2D eigenvalue weighted by molar-refractivity contribution is 6.31. The smallest absolute Gasteiger partial charge is 0.258 e. The van der Waals surface area contributed by atoms with Gasteiger partial charge < -0.3 is 0 Å². The number of amides is 1. The fourth-order valence-corrected chi connectivity index (χ4v) is 2.84. The van der Waals surface area contributed by atoms with Crippen LogP contribution in [-0.2, 0) is 11.2 Å². The van der Waals surface area contributed by atoms with E-state index in [1.165, 1.54) is 23.4 Å². The third-order valence-electron chi connectivity index (χ3n) is 4.24. The number of rotatable bonds is 5. The van der Waals surface area contributed by atoms with Gasteiger partial charge in [0.1, 0.15) is 5.92 Å². The van der Waals surface area contributed by atoms with Crippen LogP contribution in [0, 0.1) is 5.92 Å². The number of azo groups is 1. The number of carbonyl (C=O) groups excluding carboxylic acids is 1. The lowest BCUT2D eigenvalue weighted by molar-refractivity contribution is -0.119. The average molecular weight is 369 g/mol. The van der Waals surface area contributed by atoms with E-state index in [4.69, 9.17) is 11.6 Å². The van der Waals surface area contributed by atoms with Crippen molar-refractivity contribution in [1.82, 2.24) is 0 Å². The van der Waals surface area contributed by atoms with Gasteiger partial charge in [-0.05, 0) is 55.7 Å². The van der Waals surface area contributed by atoms with Crippen LogP contribution in [0.15, 0.2) is 63.9 Å². The van der Waals surface area contributed by atoms with Crippen molar-refractivity contribution in [2.24, 2.45) is 21.2 Å². The van der Waals surface area contributed by atoms with Crippen molar-refractivity contribution < 1.29 is 4.79 Å². The van der Waals surface area contributed by atoms with Crippen molar-refractivity contribution in [3.05, 3.63) is 59.1 Å². The molecule has 5 nitrogen and oxygen atoms in total. The number of hydrogen-bond acceptors (Lipinski definition) is 4. The van der Waals surface area contributed by atoms with Gasteiger partial charge in [-0.25, -0.2) is 0 Å². The fourth-order valence-electron chi connectivity index (χ4n) is 2.65. The molecule has 1 aliphatic rings. The summed E-state index contributed by atoms with van der Waals surface area (Å²) in [6.07, 6.45) is 3.42. The molecule has 2 aromatic carbocycles. The Kier molecular flexibility index (Phi) is 5.78. The van der Waals surface area contributed by atoms with Gasteiger partial charge in [0.15, 0.2) is 5.84 Å². The van der Waals surface area contributed by atoms with Gasteiger partial charge in [-0.2, -0.15) is 5.01 Å². The van der Waals surface area contributed by atoms with Crippen molar-refractivity contribution in [2.75, 3.05) is 5.01 Å². The maximum absolute atomic E-state index is 12.5. The minimum atomic E-state index is -0.443. The Balaban J connectivity index is 1.75. The van der Waals surface area contributed by atoms with Crippen LogP contribution in [0.3, 0.4) is 0 Å². The van der Waals surface area contributed by atoms with Gasteiger partial charge in [0.25, 0.3) is 5.91 Å². The van der Waals surface area contributed by atoms with Gasteiger partial charge >= 0.3 is 0 Å². The molecule has 0 unspecified atom stereocenters. The summed E-state index contributed by atoms with van der Waals surface area (Å²) in [6, 6.07) is 15.0. The van der Waals surface area contributed by atoms with Crippen LogP contribution in [0.5, 0.6) is 0 Å². The van der Waals surface area contributed by atoms with E-state index in [-0.39, 0.29) is 5.91 Å². The molecule has 0 saturated heterocycles. The zero-order valence-electron chi connectivity index (χ0n) is 14.9. The summed E-state index contributed by atoms with van der Waals surface area (Å²) in [6.45, 7) is 3.96. The van der Waals surface area contributed by atoms with Gasteiger partial charge in [-0.1, -0.05) is 43.1 Å². The molecule has 0 aliphatic carbocycles. The second-order valence-corrected chi connectivity index (χ2v) is 6.72. The number of aryl methyl sites for hydroxylation is 1. The Morgan fingerprint density at radius 1 is 1.15 bits per heavy atom. The van der Waals surface area contributed by atoms with Crippen LogP contribution >= 0.6 is 11.6 Å². The lowest BCUT2D eigenvalue weighted by atomic mass is 10.1. The predicted octanol–water partition coefficient (Wildman–Crippen LogP) is 5.76. The largest absolute Gasteiger partial charge is 0.272 e. The fraction of sp³-hybridized carbons (Fsp3) is 0.300. The molecule has 0 bridgehead atoms. The number of unbranched alkanes of at least 4 members (excludes halogenated alkanes) is 1. The molecule has 0 N–H and O–H groups in total. The number of anilines is 1. The number of nitrogens with zero attached hydrogens (tertiary/aromatic N) is 4. The summed E-state index contributed by atoms with van der Waals surface area (Å²) in [5, 5.41) is 14.6. The molecular formula is C20H21ClN4O. The molecule has 6 heteroatoms. The lowest BCUT2D eigenvalue weighted by Crippen LogP contribution is -2.25. The first-order valence-electron chi connectivity index (χ1n) is 8.77. The normalized spacial score (nSPS) is 17.2. The highest BCUT2D eigenvalue weighted by Crippen LogP contribution is 2.27. The van der Waals surface area contributed by atoms with Gasteiger partial charge in [0.2, 0.25) is 0 Å². The molecule has 0 saturated carbocycles. The maximum atomic E-state index is 12.5. The first-order chi connectivity index (χ1) is 12.6. The van der Waals surface area contributed by atoms with E-state index >= 15 is 0 Å². The zero-order valence-corrected chi connectivity index (χ0v) is 15.6. The molecule has 0 radical (unpaired) electrons. The quantitative estimate of drug-likeness (QED) is 0.618. The van der Waals surface area contributed by atoms with Gasteiger partial charge in [-0.3, -0.25) is 4.79 Å². The van der Waals surface area contributed by atoms with E-state index in [0.717, 1.165) is 12.1 Å². The number of benzene rings is 2. The minimum Gasteiger partial charge on any atom is -0.272 e. The van der Waals surface area contributed by atoms with Crippen molar-refractivity contribution in [2.45, 2.75) is 33.1 Å². The Labute approximate surface area is 158 Å². The Hall–Kier alpha value is -2.53. The third kappa shape index (κ3) is 4.17. The summed E-state index contributed by atoms with van der Waals surface area (Å²) >= 11 is 6.00. The van der Waals surface area contributed by atoms with Gasteiger partial charge in [0, 0.05) is 5.02 Å². The molecule has 0 spiro atoms. The molecule has 134 valence electrons. The Bertz CT molecular complexity index is 845. The molecule has 2 aromatic rings. The molecule has 1 amide bonds. The molecule has 0 aromatic heterocycles. The highest BCUT2D eigenvalue weighted by atomic mass is 35.5. The first kappa shape index (κ1) is 18.3. The van der Waals surface area contributed by atoms with Gasteiger partial charge in [-0.15, -0.1) is 15.3 Å². The van der Waals surface area contributed by atoms with Crippen LogP contribution in [0.1, 0.15) is 32.3 Å². The van der Waals surface area contributed by atoms with Crippen LogP contribution in [0.2, 0.25) is 5.02 Å². The third-order valence-corrected chi connectivity index (χ3v) is 4.48. The lowest BCUT2D eigenvalue weighted by Gasteiger charge is -2.12. The molecule has 1 aliphatic heterocycles. The van der Waals surface area contributed by atoms with Crippen LogP contribution in [0.4, 0.5) is 11.4 Å². The van der Waals surface area contributed by atoms with E-state index in [9.17, 15) is 4.79 Å². The number of hydrogen-bond donors (Lipinski definition) is 0. The van der Waals surface area contributed by atoms with E-state index in [0.29, 0.717) is 16.5 Å². The summed E-state index contributed by atoms with van der Waals surface area (Å²) in [7, 11) is 0. The van der Waals surface area contributed by atoms with Crippen molar-refractivity contribution in [1.29, 1.82) is 0 Å². The maximum Gasteiger partial charge on any atom is 0.258 e. The van der Waals surface area contributed by atoms with E-state index in [2.05, 4.69) is 34.4 Å². The minimum absolute atomic E-state index is 0.142. The molecular weight excluding hydrogens is 348 g/mol. The predicted molar refractivity (Wildman–Crippen MR) is 105 cm³/mol. The zero-order chi connectivity index (χ0) is 18.5. The number of hydrazone groups is 1. The highest BCUT2D eigenvalue weighted by Gasteiger charge is 2.33. The Morgan fingerprint density at radius 3 is 2.62 bits per heavy atom. The van der Waals surface area contributed by atoms with Gasteiger partial charge in [0.05, 0.1) is 11.4 Å². The molecule has 1 atom stereocenters. The second-order valence-electron chi connectivity index (χ2n) is 6.28. The van der Waals surface area contributed by atoms with Crippen LogP contribution in [-0.4, -0.2) is 11.7 Å². The van der Waals surface area contributed by atoms with Crippen LogP contribution < -0.4 is 5.01 Å². The van der Waals surface area contributed by atoms with Crippen LogP contribution in [0.25, 0.3) is 0 Å². The Morgan fingerprint density at radius 2 is 1.92 bits per heavy atom. The molecule has 26 heavy (non-hydrogen) atoms. The summed E-state index contributed by atoms with van der Waals surface area (Å²) in [5.41, 5.74) is 2.66. The second kappa shape index (κ2) is 8.23. The monoisotopic (exact) mass is 368 g/mol. The van der Waals surface area contributed by atoms with E-state index in [1.54, 1.807) is 31.2 Å². The SMILES string of the molecule is CCCCc1ccc(N=NC2=NN(c3cccc(Cl)c3)C(=O)[C@H]2C)cc1. The van der Waals surface area contributed by atoms with Crippen molar-refractivity contribution in [3.63, 3.8) is 0 Å². The van der Waals surface area contributed by atoms with Crippen molar-refractivity contribution in [3.8, 4) is 0 Å². The van der Waals surface area contributed by atoms with Crippen molar-refractivity contribution >= 4 is 34.7 Å².